The molecular formula is C15H17F3N2. The summed E-state index contributed by atoms with van der Waals surface area (Å²) in [5.74, 6) is 0.713. The predicted molar refractivity (Wildman–Crippen MR) is 72.4 cm³/mol. The zero-order chi connectivity index (χ0) is 14.9. The standard InChI is InChI=1S/C15H17F3N2/c1-4-10(2)20-11(3)9-19-14(20)12-5-7-13(8-6-12)15(16,17)18/h5-10H,4H2,1-3H3. The first kappa shape index (κ1) is 14.6. The maximum atomic E-state index is 12.6. The van der Waals surface area contributed by atoms with E-state index < -0.39 is 11.7 Å². The van der Waals surface area contributed by atoms with Crippen molar-refractivity contribution in [3.8, 4) is 11.4 Å². The molecule has 2 aromatic rings. The van der Waals surface area contributed by atoms with Gasteiger partial charge < -0.3 is 4.57 Å². The number of benzene rings is 1. The van der Waals surface area contributed by atoms with Crippen LogP contribution in [0.2, 0.25) is 0 Å². The Bertz CT molecular complexity index is 582. The van der Waals surface area contributed by atoms with E-state index in [4.69, 9.17) is 0 Å². The normalized spacial score (nSPS) is 13.5. The molecule has 0 saturated carbocycles. The molecule has 2 rings (SSSR count). The predicted octanol–water partition coefficient (Wildman–Crippen LogP) is 4.85. The highest BCUT2D eigenvalue weighted by Crippen LogP contribution is 2.31. The van der Waals surface area contributed by atoms with E-state index in [0.29, 0.717) is 11.4 Å². The molecular weight excluding hydrogens is 265 g/mol. The van der Waals surface area contributed by atoms with Crippen LogP contribution in [0.25, 0.3) is 11.4 Å². The van der Waals surface area contributed by atoms with E-state index in [9.17, 15) is 13.2 Å². The Kier molecular flexibility index (Phi) is 3.88. The van der Waals surface area contributed by atoms with Gasteiger partial charge in [-0.1, -0.05) is 19.1 Å². The highest BCUT2D eigenvalue weighted by Gasteiger charge is 2.30. The molecule has 2 nitrogen and oxygen atoms in total. The molecule has 20 heavy (non-hydrogen) atoms. The molecule has 0 N–H and O–H groups in total. The summed E-state index contributed by atoms with van der Waals surface area (Å²) in [6.45, 7) is 6.09. The van der Waals surface area contributed by atoms with Crippen molar-refractivity contribution >= 4 is 0 Å². The molecule has 0 aliphatic carbocycles. The fourth-order valence-electron chi connectivity index (χ4n) is 2.21. The average Bonchev–Trinajstić information content (AvgIpc) is 2.79. The van der Waals surface area contributed by atoms with Crippen LogP contribution in [-0.4, -0.2) is 9.55 Å². The lowest BCUT2D eigenvalue weighted by Crippen LogP contribution is -2.08. The molecule has 0 spiro atoms. The van der Waals surface area contributed by atoms with Crippen LogP contribution in [-0.2, 0) is 6.18 Å². The number of rotatable bonds is 3. The molecule has 0 fully saturated rings. The third-order valence-electron chi connectivity index (χ3n) is 3.48. The van der Waals surface area contributed by atoms with Crippen molar-refractivity contribution in [2.75, 3.05) is 0 Å². The highest BCUT2D eigenvalue weighted by atomic mass is 19.4. The molecule has 108 valence electrons. The Morgan fingerprint density at radius 2 is 1.80 bits per heavy atom. The van der Waals surface area contributed by atoms with Crippen molar-refractivity contribution in [3.05, 3.63) is 41.7 Å². The number of alkyl halides is 3. The molecule has 1 aromatic carbocycles. The molecule has 0 amide bonds. The Morgan fingerprint density at radius 3 is 2.30 bits per heavy atom. The molecule has 1 atom stereocenters. The van der Waals surface area contributed by atoms with Gasteiger partial charge in [0.25, 0.3) is 0 Å². The van der Waals surface area contributed by atoms with Gasteiger partial charge in [-0.15, -0.1) is 0 Å². The van der Waals surface area contributed by atoms with Gasteiger partial charge in [-0.3, -0.25) is 0 Å². The number of hydrogen-bond donors (Lipinski definition) is 0. The molecule has 1 heterocycles. The van der Waals surface area contributed by atoms with Crippen LogP contribution < -0.4 is 0 Å². The summed E-state index contributed by atoms with van der Waals surface area (Å²) in [5.41, 5.74) is 1.07. The molecule has 1 unspecified atom stereocenters. The second-order valence-electron chi connectivity index (χ2n) is 4.93. The van der Waals surface area contributed by atoms with E-state index in [1.54, 1.807) is 6.20 Å². The Morgan fingerprint density at radius 1 is 1.20 bits per heavy atom. The van der Waals surface area contributed by atoms with E-state index >= 15 is 0 Å². The molecule has 0 aliphatic heterocycles. The molecule has 0 saturated heterocycles. The van der Waals surface area contributed by atoms with Gasteiger partial charge in [0.1, 0.15) is 5.82 Å². The maximum Gasteiger partial charge on any atom is 0.416 e. The minimum Gasteiger partial charge on any atom is -0.326 e. The van der Waals surface area contributed by atoms with Crippen molar-refractivity contribution in [1.29, 1.82) is 0 Å². The van der Waals surface area contributed by atoms with Crippen LogP contribution in [0.15, 0.2) is 30.5 Å². The van der Waals surface area contributed by atoms with E-state index in [1.165, 1.54) is 12.1 Å². The van der Waals surface area contributed by atoms with Crippen LogP contribution in [0.5, 0.6) is 0 Å². The number of aryl methyl sites for hydroxylation is 1. The largest absolute Gasteiger partial charge is 0.416 e. The van der Waals surface area contributed by atoms with Crippen LogP contribution >= 0.6 is 0 Å². The zero-order valence-electron chi connectivity index (χ0n) is 11.7. The quantitative estimate of drug-likeness (QED) is 0.787. The Balaban J connectivity index is 2.43. The molecule has 0 aliphatic rings. The summed E-state index contributed by atoms with van der Waals surface area (Å²) in [6.07, 6.45) is -1.62. The topological polar surface area (TPSA) is 17.8 Å². The summed E-state index contributed by atoms with van der Waals surface area (Å²) in [5, 5.41) is 0. The Labute approximate surface area is 116 Å². The van der Waals surface area contributed by atoms with E-state index in [-0.39, 0.29) is 6.04 Å². The van der Waals surface area contributed by atoms with Crippen molar-refractivity contribution in [1.82, 2.24) is 9.55 Å². The van der Waals surface area contributed by atoms with E-state index in [1.807, 2.05) is 6.92 Å². The van der Waals surface area contributed by atoms with E-state index in [2.05, 4.69) is 23.4 Å². The fourth-order valence-corrected chi connectivity index (χ4v) is 2.21. The Hall–Kier alpha value is -1.78. The smallest absolute Gasteiger partial charge is 0.326 e. The first-order valence-corrected chi connectivity index (χ1v) is 6.56. The van der Waals surface area contributed by atoms with Crippen molar-refractivity contribution < 1.29 is 13.2 Å². The first-order valence-electron chi connectivity index (χ1n) is 6.56. The number of imidazole rings is 1. The lowest BCUT2D eigenvalue weighted by Gasteiger charge is -2.17. The van der Waals surface area contributed by atoms with Crippen LogP contribution in [0.3, 0.4) is 0 Å². The lowest BCUT2D eigenvalue weighted by molar-refractivity contribution is -0.137. The van der Waals surface area contributed by atoms with E-state index in [0.717, 1.165) is 24.2 Å². The molecule has 0 radical (unpaired) electrons. The number of nitrogens with zero attached hydrogens (tertiary/aromatic N) is 2. The average molecular weight is 282 g/mol. The zero-order valence-corrected chi connectivity index (χ0v) is 11.7. The summed E-state index contributed by atoms with van der Waals surface area (Å²) < 4.78 is 39.8. The second kappa shape index (κ2) is 5.31. The summed E-state index contributed by atoms with van der Waals surface area (Å²) >= 11 is 0. The number of hydrogen-bond acceptors (Lipinski definition) is 1. The summed E-state index contributed by atoms with van der Waals surface area (Å²) in [7, 11) is 0. The van der Waals surface area contributed by atoms with Gasteiger partial charge in [0.15, 0.2) is 0 Å². The SMILES string of the molecule is CCC(C)n1c(C)cnc1-c1ccc(C(F)(F)F)cc1. The second-order valence-corrected chi connectivity index (χ2v) is 4.93. The van der Waals surface area contributed by atoms with Crippen LogP contribution in [0.4, 0.5) is 13.2 Å². The van der Waals surface area contributed by atoms with Gasteiger partial charge in [-0.25, -0.2) is 4.98 Å². The van der Waals surface area contributed by atoms with Gasteiger partial charge in [-0.05, 0) is 32.4 Å². The van der Waals surface area contributed by atoms with Gasteiger partial charge >= 0.3 is 6.18 Å². The van der Waals surface area contributed by atoms with Gasteiger partial charge in [0, 0.05) is 23.5 Å². The monoisotopic (exact) mass is 282 g/mol. The fraction of sp³-hybridized carbons (Fsp3) is 0.400. The number of aromatic nitrogens is 2. The van der Waals surface area contributed by atoms with Crippen molar-refractivity contribution in [3.63, 3.8) is 0 Å². The van der Waals surface area contributed by atoms with Crippen molar-refractivity contribution in [2.45, 2.75) is 39.4 Å². The minimum atomic E-state index is -4.30. The summed E-state index contributed by atoms with van der Waals surface area (Å²) in [4.78, 5) is 4.33. The molecule has 0 bridgehead atoms. The molecule has 5 heteroatoms. The maximum absolute atomic E-state index is 12.6. The minimum absolute atomic E-state index is 0.259. The van der Waals surface area contributed by atoms with Gasteiger partial charge in [0.2, 0.25) is 0 Å². The van der Waals surface area contributed by atoms with Crippen LogP contribution in [0.1, 0.15) is 37.6 Å². The molecule has 1 aromatic heterocycles. The summed E-state index contributed by atoms with van der Waals surface area (Å²) in [6, 6.07) is 5.41. The lowest BCUT2D eigenvalue weighted by atomic mass is 10.1. The van der Waals surface area contributed by atoms with Crippen molar-refractivity contribution in [2.24, 2.45) is 0 Å². The van der Waals surface area contributed by atoms with Crippen LogP contribution in [0, 0.1) is 6.92 Å². The van der Waals surface area contributed by atoms with Gasteiger partial charge in [-0.2, -0.15) is 13.2 Å². The third-order valence-corrected chi connectivity index (χ3v) is 3.48. The first-order chi connectivity index (χ1) is 9.34. The van der Waals surface area contributed by atoms with Gasteiger partial charge in [0.05, 0.1) is 5.56 Å². The third kappa shape index (κ3) is 2.71. The highest BCUT2D eigenvalue weighted by molar-refractivity contribution is 5.57. The number of halogens is 3.